The molecule has 0 heterocycles. The predicted molar refractivity (Wildman–Crippen MR) is 143 cm³/mol. The van der Waals surface area contributed by atoms with E-state index in [1.54, 1.807) is 0 Å². The van der Waals surface area contributed by atoms with Gasteiger partial charge in [0.15, 0.2) is 0 Å². The van der Waals surface area contributed by atoms with Gasteiger partial charge in [-0.3, -0.25) is 0 Å². The summed E-state index contributed by atoms with van der Waals surface area (Å²) in [5.41, 5.74) is 7.65. The SMILES string of the molecule is Cc1ccc([N-]c2ccc(C)cc2P(C(C)C)C(C)C)c(P(C(C)C)C(C)C)c1.[C-]#[O+].[Ir]. The number of hydrogen-bond acceptors (Lipinski definition) is 0. The molecule has 1 radical (unpaired) electrons. The Morgan fingerprint density at radius 3 is 1.16 bits per heavy atom. The molecule has 0 spiro atoms. The van der Waals surface area contributed by atoms with Gasteiger partial charge in [-0.25, -0.2) is 0 Å². The van der Waals surface area contributed by atoms with Crippen LogP contribution >= 0.6 is 15.8 Å². The summed E-state index contributed by atoms with van der Waals surface area (Å²) in [6.07, 6.45) is 0. The van der Waals surface area contributed by atoms with Crippen molar-refractivity contribution >= 4 is 37.8 Å². The maximum absolute atomic E-state index is 7.50. The van der Waals surface area contributed by atoms with Gasteiger partial charge in [0.05, 0.1) is 0 Å². The van der Waals surface area contributed by atoms with E-state index in [1.807, 2.05) is 0 Å². The van der Waals surface area contributed by atoms with Crippen LogP contribution < -0.4 is 10.6 Å². The zero-order valence-corrected chi connectivity index (χ0v) is 25.5. The minimum atomic E-state index is -0.251. The third kappa shape index (κ3) is 8.37. The standard InChI is InChI=1S/C26H40NP2.CO.Ir/c1-17(2)28(18(3)4)25-15-21(9)11-13-23(25)27-24-14-12-22(10)16-26(24)29(19(5)6)20(7)8;1-2;/h11-20H,1-10H3;;/q-1;;. The minimum absolute atomic E-state index is 0. The molecule has 2 nitrogen and oxygen atoms in total. The van der Waals surface area contributed by atoms with Gasteiger partial charge in [0.25, 0.3) is 0 Å². The first-order valence-electron chi connectivity index (χ1n) is 11.2. The largest absolute Gasteiger partial charge is 0 e. The van der Waals surface area contributed by atoms with E-state index in [9.17, 15) is 0 Å². The third-order valence-corrected chi connectivity index (χ3v) is 11.6. The fourth-order valence-electron chi connectivity index (χ4n) is 4.30. The predicted octanol–water partition coefficient (Wildman–Crippen LogP) is 8.45. The Morgan fingerprint density at radius 1 is 0.625 bits per heavy atom. The molecule has 0 aliphatic rings. The zero-order valence-electron chi connectivity index (χ0n) is 21.4. The van der Waals surface area contributed by atoms with Crippen LogP contribution in [-0.2, 0) is 24.8 Å². The van der Waals surface area contributed by atoms with Gasteiger partial charge in [0, 0.05) is 20.1 Å². The molecule has 2 aromatic carbocycles. The van der Waals surface area contributed by atoms with Crippen molar-refractivity contribution in [3.8, 4) is 0 Å². The molecule has 0 bridgehead atoms. The van der Waals surface area contributed by atoms with Crippen LogP contribution in [0.3, 0.4) is 0 Å². The molecular weight excluding hydrogens is 608 g/mol. The second-order valence-electron chi connectivity index (χ2n) is 9.29. The van der Waals surface area contributed by atoms with Gasteiger partial charge in [0.2, 0.25) is 0 Å². The molecule has 0 amide bonds. The Balaban J connectivity index is 0.00000311. The Morgan fingerprint density at radius 2 is 0.906 bits per heavy atom. The molecule has 0 fully saturated rings. The zero-order chi connectivity index (χ0) is 23.9. The van der Waals surface area contributed by atoms with Crippen LogP contribution in [0.5, 0.6) is 0 Å². The molecule has 179 valence electrons. The second-order valence-corrected chi connectivity index (χ2v) is 16.0. The van der Waals surface area contributed by atoms with Crippen LogP contribution in [0, 0.1) is 20.5 Å². The number of benzene rings is 2. The van der Waals surface area contributed by atoms with Gasteiger partial charge < -0.3 is 5.32 Å². The Hall–Kier alpha value is -0.511. The van der Waals surface area contributed by atoms with Crippen molar-refractivity contribution in [3.63, 3.8) is 0 Å². The van der Waals surface area contributed by atoms with Crippen LogP contribution in [0.25, 0.3) is 5.32 Å². The van der Waals surface area contributed by atoms with Gasteiger partial charge in [-0.05, 0) is 47.1 Å². The van der Waals surface area contributed by atoms with Crippen molar-refractivity contribution in [1.29, 1.82) is 0 Å². The van der Waals surface area contributed by atoms with E-state index in [-0.39, 0.29) is 35.9 Å². The van der Waals surface area contributed by atoms with Crippen molar-refractivity contribution in [2.45, 2.75) is 91.9 Å². The van der Waals surface area contributed by atoms with Gasteiger partial charge in [-0.15, -0.1) is 11.4 Å². The monoisotopic (exact) mass is 649 g/mol. The summed E-state index contributed by atoms with van der Waals surface area (Å²) in [6.45, 7) is 27.8. The fourth-order valence-corrected chi connectivity index (χ4v) is 10.4. The number of hydrogen-bond donors (Lipinski definition) is 0. The summed E-state index contributed by atoms with van der Waals surface area (Å²) < 4.78 is 7.50. The second kappa shape index (κ2) is 14.7. The van der Waals surface area contributed by atoms with Gasteiger partial charge >= 0.3 is 11.3 Å². The molecule has 0 aromatic heterocycles. The first-order valence-corrected chi connectivity index (χ1v) is 14.2. The Kier molecular flexibility index (Phi) is 14.5. The molecule has 2 rings (SSSR count). The van der Waals surface area contributed by atoms with E-state index in [0.717, 1.165) is 0 Å². The molecule has 0 saturated carbocycles. The van der Waals surface area contributed by atoms with Crippen LogP contribution in [0.15, 0.2) is 36.4 Å². The number of aryl methyl sites for hydroxylation is 2. The van der Waals surface area contributed by atoms with Gasteiger partial charge in [0.1, 0.15) is 0 Å². The summed E-state index contributed by atoms with van der Waals surface area (Å²) in [6, 6.07) is 13.7. The van der Waals surface area contributed by atoms with E-state index in [1.165, 1.54) is 33.1 Å². The summed E-state index contributed by atoms with van der Waals surface area (Å²) in [5.74, 6) is 0. The van der Waals surface area contributed by atoms with Gasteiger partial charge in [-0.1, -0.05) is 119 Å². The van der Waals surface area contributed by atoms with Gasteiger partial charge in [-0.2, -0.15) is 0 Å². The smallest absolute Gasteiger partial charge is 0 e. The first kappa shape index (κ1) is 31.5. The van der Waals surface area contributed by atoms with Crippen LogP contribution in [0.1, 0.15) is 66.5 Å². The fraction of sp³-hybridized carbons (Fsp3) is 0.519. The molecule has 0 aliphatic heterocycles. The maximum atomic E-state index is 7.50. The molecule has 0 saturated heterocycles. The quantitative estimate of drug-likeness (QED) is 0.157. The molecule has 0 aliphatic carbocycles. The molecule has 0 N–H and O–H groups in total. The van der Waals surface area contributed by atoms with Crippen LogP contribution in [0.2, 0.25) is 0 Å². The molecular formula is C27H40IrNOP2-. The maximum Gasteiger partial charge on any atom is 0 e. The van der Waals surface area contributed by atoms with E-state index < -0.39 is 0 Å². The van der Waals surface area contributed by atoms with E-state index >= 15 is 0 Å². The number of rotatable bonds is 8. The summed E-state index contributed by atoms with van der Waals surface area (Å²) in [7, 11) is -0.503. The molecule has 5 heteroatoms. The normalized spacial score (nSPS) is 11.2. The average Bonchev–Trinajstić information content (AvgIpc) is 2.66. The third-order valence-electron chi connectivity index (χ3n) is 5.28. The minimum Gasteiger partial charge on any atom is 0 e. The Bertz CT molecular complexity index is 778. The van der Waals surface area contributed by atoms with Crippen molar-refractivity contribution in [2.75, 3.05) is 0 Å². The van der Waals surface area contributed by atoms with Crippen LogP contribution in [-0.4, -0.2) is 22.6 Å². The molecule has 32 heavy (non-hydrogen) atoms. The van der Waals surface area contributed by atoms with Crippen LogP contribution in [0.4, 0.5) is 11.4 Å². The van der Waals surface area contributed by atoms with E-state index in [0.29, 0.717) is 22.6 Å². The molecule has 0 unspecified atom stereocenters. The topological polar surface area (TPSA) is 34.0 Å². The summed E-state index contributed by atoms with van der Waals surface area (Å²) in [4.78, 5) is 0. The molecule has 0 atom stereocenters. The van der Waals surface area contributed by atoms with Crippen molar-refractivity contribution in [3.05, 3.63) is 59.5 Å². The van der Waals surface area contributed by atoms with Crippen molar-refractivity contribution in [2.24, 2.45) is 0 Å². The summed E-state index contributed by atoms with van der Waals surface area (Å²) in [5, 5.41) is 8.26. The average molecular weight is 649 g/mol. The van der Waals surface area contributed by atoms with E-state index in [2.05, 4.69) is 112 Å². The van der Waals surface area contributed by atoms with E-state index in [4.69, 9.17) is 9.97 Å². The van der Waals surface area contributed by atoms with Crippen molar-refractivity contribution in [1.82, 2.24) is 0 Å². The first-order chi connectivity index (χ1) is 14.5. The molecule has 2 aromatic rings. The Labute approximate surface area is 213 Å². The summed E-state index contributed by atoms with van der Waals surface area (Å²) >= 11 is 0. The number of nitrogens with zero attached hydrogens (tertiary/aromatic N) is 1. The van der Waals surface area contributed by atoms with Crippen molar-refractivity contribution < 1.29 is 24.8 Å².